The average molecular weight is 288 g/mol. The van der Waals surface area contributed by atoms with Crippen LogP contribution in [0.5, 0.6) is 0 Å². The molecule has 0 radical (unpaired) electrons. The predicted molar refractivity (Wildman–Crippen MR) is 76.8 cm³/mol. The molecule has 108 valence electrons. The molecule has 0 unspecified atom stereocenters. The highest BCUT2D eigenvalue weighted by Crippen LogP contribution is 2.26. The van der Waals surface area contributed by atoms with Crippen LogP contribution in [-0.2, 0) is 6.54 Å². The third-order valence-corrected chi connectivity index (χ3v) is 3.00. The molecule has 0 spiro atoms. The quantitative estimate of drug-likeness (QED) is 0.519. The predicted octanol–water partition coefficient (Wildman–Crippen LogP) is 3.55. The Morgan fingerprint density at radius 1 is 1.24 bits per heavy atom. The molecule has 0 aliphatic carbocycles. The monoisotopic (exact) mass is 288 g/mol. The Bertz CT molecular complexity index is 684. The van der Waals surface area contributed by atoms with Gasteiger partial charge >= 0.3 is 0 Å². The Morgan fingerprint density at radius 3 is 2.48 bits per heavy atom. The van der Waals surface area contributed by atoms with E-state index in [2.05, 4.69) is 5.32 Å². The van der Waals surface area contributed by atoms with E-state index in [9.17, 15) is 19.3 Å². The molecule has 2 aromatic carbocycles. The van der Waals surface area contributed by atoms with E-state index in [0.717, 1.165) is 5.56 Å². The lowest BCUT2D eigenvalue weighted by Crippen LogP contribution is -2.04. The molecule has 1 N–H and O–H groups in total. The van der Waals surface area contributed by atoms with E-state index in [4.69, 9.17) is 0 Å². The first-order valence-corrected chi connectivity index (χ1v) is 6.25. The van der Waals surface area contributed by atoms with Crippen molar-refractivity contribution >= 4 is 17.2 Å². The number of rotatable bonds is 5. The molecule has 0 bridgehead atoms. The summed E-state index contributed by atoms with van der Waals surface area (Å²) in [6.07, 6.45) is 0. The molecule has 0 saturated heterocycles. The maximum Gasteiger partial charge on any atom is 0.293 e. The summed E-state index contributed by atoms with van der Waals surface area (Å²) in [7, 11) is 0. The molecule has 2 aromatic rings. The topological polar surface area (TPSA) is 72.2 Å². The number of carbonyl (C=O) groups is 1. The third-order valence-electron chi connectivity index (χ3n) is 3.00. The van der Waals surface area contributed by atoms with Gasteiger partial charge in [0, 0.05) is 18.2 Å². The Kier molecular flexibility index (Phi) is 4.27. The summed E-state index contributed by atoms with van der Waals surface area (Å²) in [5.41, 5.74) is 1.23. The number of nitro groups is 1. The summed E-state index contributed by atoms with van der Waals surface area (Å²) in [6, 6.07) is 10.1. The van der Waals surface area contributed by atoms with E-state index in [1.807, 2.05) is 0 Å². The van der Waals surface area contributed by atoms with Crippen molar-refractivity contribution in [3.05, 3.63) is 69.5 Å². The highest BCUT2D eigenvalue weighted by atomic mass is 19.1. The van der Waals surface area contributed by atoms with E-state index >= 15 is 0 Å². The molecule has 0 amide bonds. The molecule has 21 heavy (non-hydrogen) atoms. The van der Waals surface area contributed by atoms with Gasteiger partial charge in [-0.1, -0.05) is 12.1 Å². The zero-order valence-corrected chi connectivity index (χ0v) is 11.3. The molecule has 6 heteroatoms. The van der Waals surface area contributed by atoms with Gasteiger partial charge in [-0.05, 0) is 36.8 Å². The summed E-state index contributed by atoms with van der Waals surface area (Å²) in [5, 5.41) is 14.0. The third kappa shape index (κ3) is 3.62. The molecule has 2 rings (SSSR count). The van der Waals surface area contributed by atoms with Crippen molar-refractivity contribution in [1.82, 2.24) is 0 Å². The van der Waals surface area contributed by atoms with Gasteiger partial charge in [-0.25, -0.2) is 4.39 Å². The van der Waals surface area contributed by atoms with E-state index in [-0.39, 0.29) is 22.9 Å². The summed E-state index contributed by atoms with van der Waals surface area (Å²) in [4.78, 5) is 21.8. The van der Waals surface area contributed by atoms with E-state index < -0.39 is 4.92 Å². The lowest BCUT2D eigenvalue weighted by atomic mass is 10.1. The van der Waals surface area contributed by atoms with Gasteiger partial charge in [0.25, 0.3) is 5.69 Å². The number of hydrogen-bond donors (Lipinski definition) is 1. The molecular weight excluding hydrogens is 275 g/mol. The highest BCUT2D eigenvalue weighted by molar-refractivity contribution is 5.95. The van der Waals surface area contributed by atoms with Crippen molar-refractivity contribution in [3.8, 4) is 0 Å². The SMILES string of the molecule is CC(=O)c1ccc(NCc2ccc(F)cc2)c([N+](=O)[O-])c1. The van der Waals surface area contributed by atoms with Crippen LogP contribution in [-0.4, -0.2) is 10.7 Å². The maximum absolute atomic E-state index is 12.8. The van der Waals surface area contributed by atoms with Crippen molar-refractivity contribution in [2.24, 2.45) is 0 Å². The molecule has 0 atom stereocenters. The summed E-state index contributed by atoms with van der Waals surface area (Å²) in [5.74, 6) is -0.571. The lowest BCUT2D eigenvalue weighted by molar-refractivity contribution is -0.384. The Morgan fingerprint density at radius 2 is 1.90 bits per heavy atom. The number of anilines is 1. The number of benzene rings is 2. The number of nitro benzene ring substituents is 1. The fourth-order valence-corrected chi connectivity index (χ4v) is 1.85. The summed E-state index contributed by atoms with van der Waals surface area (Å²) < 4.78 is 12.8. The van der Waals surface area contributed by atoms with Crippen LogP contribution >= 0.6 is 0 Å². The second kappa shape index (κ2) is 6.13. The van der Waals surface area contributed by atoms with Gasteiger partial charge in [0.15, 0.2) is 5.78 Å². The minimum absolute atomic E-state index is 0.162. The lowest BCUT2D eigenvalue weighted by Gasteiger charge is -2.08. The normalized spacial score (nSPS) is 10.2. The van der Waals surface area contributed by atoms with Crippen molar-refractivity contribution < 1.29 is 14.1 Å². The van der Waals surface area contributed by atoms with Crippen LogP contribution in [0.15, 0.2) is 42.5 Å². The van der Waals surface area contributed by atoms with Gasteiger partial charge in [-0.3, -0.25) is 14.9 Å². The van der Waals surface area contributed by atoms with Crippen LogP contribution in [0.1, 0.15) is 22.8 Å². The summed E-state index contributed by atoms with van der Waals surface area (Å²) >= 11 is 0. The van der Waals surface area contributed by atoms with Gasteiger partial charge in [-0.2, -0.15) is 0 Å². The Labute approximate surface area is 120 Å². The fraction of sp³-hybridized carbons (Fsp3) is 0.133. The van der Waals surface area contributed by atoms with E-state index in [0.29, 0.717) is 12.2 Å². The number of hydrogen-bond acceptors (Lipinski definition) is 4. The second-order valence-electron chi connectivity index (χ2n) is 4.53. The number of nitrogens with one attached hydrogen (secondary N) is 1. The number of Topliss-reactive ketones (excluding diaryl/α,β-unsaturated/α-hetero) is 1. The molecule has 5 nitrogen and oxygen atoms in total. The molecule has 0 fully saturated rings. The molecule has 0 aliphatic heterocycles. The minimum atomic E-state index is -0.542. The van der Waals surface area contributed by atoms with Crippen LogP contribution in [0.3, 0.4) is 0 Å². The summed E-state index contributed by atoms with van der Waals surface area (Å²) in [6.45, 7) is 1.67. The van der Waals surface area contributed by atoms with Crippen LogP contribution in [0.4, 0.5) is 15.8 Å². The van der Waals surface area contributed by atoms with Crippen molar-refractivity contribution in [2.75, 3.05) is 5.32 Å². The van der Waals surface area contributed by atoms with E-state index in [1.54, 1.807) is 12.1 Å². The van der Waals surface area contributed by atoms with Crippen LogP contribution in [0.25, 0.3) is 0 Å². The Hall–Kier alpha value is -2.76. The maximum atomic E-state index is 12.8. The van der Waals surface area contributed by atoms with Gasteiger partial charge in [0.05, 0.1) is 4.92 Å². The van der Waals surface area contributed by atoms with Crippen molar-refractivity contribution in [1.29, 1.82) is 0 Å². The van der Waals surface area contributed by atoms with Crippen LogP contribution in [0, 0.1) is 15.9 Å². The van der Waals surface area contributed by atoms with Crippen LogP contribution < -0.4 is 5.32 Å². The molecule has 0 aromatic heterocycles. The number of ketones is 1. The first-order valence-electron chi connectivity index (χ1n) is 6.25. The van der Waals surface area contributed by atoms with Crippen molar-refractivity contribution in [3.63, 3.8) is 0 Å². The van der Waals surface area contributed by atoms with Gasteiger partial charge in [-0.15, -0.1) is 0 Å². The first-order chi connectivity index (χ1) is 9.97. The largest absolute Gasteiger partial charge is 0.375 e. The van der Waals surface area contributed by atoms with Gasteiger partial charge in [0.2, 0.25) is 0 Å². The number of carbonyl (C=O) groups excluding carboxylic acids is 1. The zero-order chi connectivity index (χ0) is 15.4. The van der Waals surface area contributed by atoms with Crippen LogP contribution in [0.2, 0.25) is 0 Å². The number of nitrogens with zero attached hydrogens (tertiary/aromatic N) is 1. The standard InChI is InChI=1S/C15H13FN2O3/c1-10(19)12-4-7-14(15(8-12)18(20)21)17-9-11-2-5-13(16)6-3-11/h2-8,17H,9H2,1H3. The van der Waals surface area contributed by atoms with Crippen molar-refractivity contribution in [2.45, 2.75) is 13.5 Å². The smallest absolute Gasteiger partial charge is 0.293 e. The molecule has 0 saturated carbocycles. The fourth-order valence-electron chi connectivity index (χ4n) is 1.85. The second-order valence-corrected chi connectivity index (χ2v) is 4.53. The first kappa shape index (κ1) is 14.6. The average Bonchev–Trinajstić information content (AvgIpc) is 2.46. The van der Waals surface area contributed by atoms with Gasteiger partial charge in [0.1, 0.15) is 11.5 Å². The van der Waals surface area contributed by atoms with E-state index in [1.165, 1.54) is 37.3 Å². The Balaban J connectivity index is 2.21. The highest BCUT2D eigenvalue weighted by Gasteiger charge is 2.15. The zero-order valence-electron chi connectivity index (χ0n) is 11.3. The molecule has 0 aliphatic rings. The number of halogens is 1. The minimum Gasteiger partial charge on any atom is -0.375 e. The molecule has 0 heterocycles. The molecular formula is C15H13FN2O3. The van der Waals surface area contributed by atoms with Gasteiger partial charge < -0.3 is 5.32 Å².